The van der Waals surface area contributed by atoms with Crippen molar-refractivity contribution in [3.8, 4) is 0 Å². The zero-order valence-corrected chi connectivity index (χ0v) is 12.1. The molecule has 0 fully saturated rings. The summed E-state index contributed by atoms with van der Waals surface area (Å²) in [7, 11) is 1.72. The van der Waals surface area contributed by atoms with Crippen LogP contribution in [0.5, 0.6) is 0 Å². The van der Waals surface area contributed by atoms with Gasteiger partial charge >= 0.3 is 0 Å². The Hall–Kier alpha value is -1.06. The lowest BCUT2D eigenvalue weighted by Crippen LogP contribution is -2.30. The van der Waals surface area contributed by atoms with Gasteiger partial charge in [0.2, 0.25) is 0 Å². The number of benzene rings is 1. The van der Waals surface area contributed by atoms with E-state index in [2.05, 4.69) is 55.3 Å². The van der Waals surface area contributed by atoms with Crippen molar-refractivity contribution in [3.63, 3.8) is 0 Å². The molecule has 1 aromatic rings. The van der Waals surface area contributed by atoms with Gasteiger partial charge < -0.3 is 15.0 Å². The average molecular weight is 250 g/mol. The molecule has 1 N–H and O–H groups in total. The SMILES string of the molecule is CCN(c1ccc(CNCCOC)cc1)C(C)C. The Morgan fingerprint density at radius 3 is 2.39 bits per heavy atom. The van der Waals surface area contributed by atoms with Gasteiger partial charge in [0.15, 0.2) is 0 Å². The van der Waals surface area contributed by atoms with Gasteiger partial charge in [-0.25, -0.2) is 0 Å². The molecule has 102 valence electrons. The van der Waals surface area contributed by atoms with Crippen LogP contribution in [0, 0.1) is 0 Å². The predicted octanol–water partition coefficient (Wildman–Crippen LogP) is 2.66. The second-order valence-electron chi connectivity index (χ2n) is 4.72. The van der Waals surface area contributed by atoms with E-state index in [1.165, 1.54) is 11.3 Å². The molecule has 0 atom stereocenters. The summed E-state index contributed by atoms with van der Waals surface area (Å²) < 4.78 is 5.00. The first-order valence-electron chi connectivity index (χ1n) is 6.74. The highest BCUT2D eigenvalue weighted by molar-refractivity contribution is 5.48. The second kappa shape index (κ2) is 8.11. The van der Waals surface area contributed by atoms with E-state index < -0.39 is 0 Å². The van der Waals surface area contributed by atoms with Crippen LogP contribution in [-0.2, 0) is 11.3 Å². The fourth-order valence-electron chi connectivity index (χ4n) is 2.06. The summed E-state index contributed by atoms with van der Waals surface area (Å²) in [6, 6.07) is 9.34. The molecule has 0 aromatic heterocycles. The number of anilines is 1. The maximum Gasteiger partial charge on any atom is 0.0587 e. The van der Waals surface area contributed by atoms with E-state index in [-0.39, 0.29) is 0 Å². The smallest absolute Gasteiger partial charge is 0.0587 e. The van der Waals surface area contributed by atoms with E-state index >= 15 is 0 Å². The molecule has 0 aliphatic rings. The highest BCUT2D eigenvalue weighted by Crippen LogP contribution is 2.17. The van der Waals surface area contributed by atoms with Crippen LogP contribution in [0.25, 0.3) is 0 Å². The van der Waals surface area contributed by atoms with Gasteiger partial charge in [0.05, 0.1) is 6.61 Å². The van der Waals surface area contributed by atoms with Crippen molar-refractivity contribution in [1.29, 1.82) is 0 Å². The third-order valence-electron chi connectivity index (χ3n) is 3.04. The first-order valence-corrected chi connectivity index (χ1v) is 6.74. The topological polar surface area (TPSA) is 24.5 Å². The van der Waals surface area contributed by atoms with E-state index in [4.69, 9.17) is 4.74 Å². The van der Waals surface area contributed by atoms with Crippen molar-refractivity contribution in [2.45, 2.75) is 33.4 Å². The standard InChI is InChI=1S/C15H26N2O/c1-5-17(13(2)3)15-8-6-14(7-9-15)12-16-10-11-18-4/h6-9,13,16H,5,10-12H2,1-4H3. The summed E-state index contributed by atoms with van der Waals surface area (Å²) >= 11 is 0. The molecule has 0 spiro atoms. The second-order valence-corrected chi connectivity index (χ2v) is 4.72. The molecular formula is C15H26N2O. The van der Waals surface area contributed by atoms with Crippen LogP contribution in [0.3, 0.4) is 0 Å². The Morgan fingerprint density at radius 2 is 1.89 bits per heavy atom. The molecular weight excluding hydrogens is 224 g/mol. The van der Waals surface area contributed by atoms with Crippen LogP contribution in [0.1, 0.15) is 26.3 Å². The van der Waals surface area contributed by atoms with Gasteiger partial charge in [-0.05, 0) is 38.5 Å². The number of hydrogen-bond acceptors (Lipinski definition) is 3. The normalized spacial score (nSPS) is 10.9. The van der Waals surface area contributed by atoms with Crippen molar-refractivity contribution in [3.05, 3.63) is 29.8 Å². The van der Waals surface area contributed by atoms with Crippen LogP contribution in [-0.4, -0.2) is 32.8 Å². The lowest BCUT2D eigenvalue weighted by atomic mass is 10.1. The van der Waals surface area contributed by atoms with Crippen molar-refractivity contribution >= 4 is 5.69 Å². The van der Waals surface area contributed by atoms with E-state index in [1.54, 1.807) is 7.11 Å². The summed E-state index contributed by atoms with van der Waals surface area (Å²) in [5, 5.41) is 3.35. The van der Waals surface area contributed by atoms with Gasteiger partial charge in [0, 0.05) is 38.5 Å². The average Bonchev–Trinajstić information content (AvgIpc) is 2.37. The highest BCUT2D eigenvalue weighted by atomic mass is 16.5. The van der Waals surface area contributed by atoms with Crippen LogP contribution in [0.4, 0.5) is 5.69 Å². The lowest BCUT2D eigenvalue weighted by molar-refractivity contribution is 0.199. The third-order valence-corrected chi connectivity index (χ3v) is 3.04. The monoisotopic (exact) mass is 250 g/mol. The zero-order valence-electron chi connectivity index (χ0n) is 12.1. The summed E-state index contributed by atoms with van der Waals surface area (Å²) in [4.78, 5) is 2.39. The van der Waals surface area contributed by atoms with E-state index in [9.17, 15) is 0 Å². The Labute approximate surface area is 111 Å². The largest absolute Gasteiger partial charge is 0.383 e. The lowest BCUT2D eigenvalue weighted by Gasteiger charge is -2.27. The summed E-state index contributed by atoms with van der Waals surface area (Å²) in [6.45, 7) is 10.2. The number of ether oxygens (including phenoxy) is 1. The molecule has 0 unspecified atom stereocenters. The van der Waals surface area contributed by atoms with Crippen molar-refractivity contribution in [2.75, 3.05) is 31.7 Å². The number of rotatable bonds is 8. The van der Waals surface area contributed by atoms with Gasteiger partial charge in [0.25, 0.3) is 0 Å². The summed E-state index contributed by atoms with van der Waals surface area (Å²) in [5.74, 6) is 0. The van der Waals surface area contributed by atoms with Crippen LogP contribution >= 0.6 is 0 Å². The minimum atomic E-state index is 0.542. The quantitative estimate of drug-likeness (QED) is 0.718. The molecule has 0 amide bonds. The number of methoxy groups -OCH3 is 1. The van der Waals surface area contributed by atoms with Crippen LogP contribution < -0.4 is 10.2 Å². The van der Waals surface area contributed by atoms with E-state index in [0.29, 0.717) is 6.04 Å². The highest BCUT2D eigenvalue weighted by Gasteiger charge is 2.07. The molecule has 3 heteroatoms. The molecule has 0 saturated carbocycles. The molecule has 18 heavy (non-hydrogen) atoms. The summed E-state index contributed by atoms with van der Waals surface area (Å²) in [6.07, 6.45) is 0. The Balaban J connectivity index is 2.51. The van der Waals surface area contributed by atoms with E-state index in [0.717, 1.165) is 26.2 Å². The Morgan fingerprint density at radius 1 is 1.22 bits per heavy atom. The van der Waals surface area contributed by atoms with Crippen molar-refractivity contribution in [1.82, 2.24) is 5.32 Å². The zero-order chi connectivity index (χ0) is 13.4. The third kappa shape index (κ3) is 4.67. The maximum absolute atomic E-state index is 5.00. The minimum Gasteiger partial charge on any atom is -0.383 e. The van der Waals surface area contributed by atoms with Gasteiger partial charge in [-0.3, -0.25) is 0 Å². The number of nitrogens with one attached hydrogen (secondary N) is 1. The first kappa shape index (κ1) is 15.0. The molecule has 0 aliphatic heterocycles. The molecule has 0 radical (unpaired) electrons. The van der Waals surface area contributed by atoms with Crippen LogP contribution in [0.15, 0.2) is 24.3 Å². The van der Waals surface area contributed by atoms with Crippen LogP contribution in [0.2, 0.25) is 0 Å². The first-order chi connectivity index (χ1) is 8.69. The van der Waals surface area contributed by atoms with Gasteiger partial charge in [0.1, 0.15) is 0 Å². The molecule has 3 nitrogen and oxygen atoms in total. The molecule has 0 bridgehead atoms. The Kier molecular flexibility index (Phi) is 6.76. The van der Waals surface area contributed by atoms with Gasteiger partial charge in [-0.1, -0.05) is 12.1 Å². The fourth-order valence-corrected chi connectivity index (χ4v) is 2.06. The predicted molar refractivity (Wildman–Crippen MR) is 78.2 cm³/mol. The summed E-state index contributed by atoms with van der Waals surface area (Å²) in [5.41, 5.74) is 2.61. The molecule has 0 saturated heterocycles. The van der Waals surface area contributed by atoms with Crippen molar-refractivity contribution in [2.24, 2.45) is 0 Å². The maximum atomic E-state index is 5.00. The van der Waals surface area contributed by atoms with E-state index in [1.807, 2.05) is 0 Å². The molecule has 1 aromatic carbocycles. The van der Waals surface area contributed by atoms with Crippen molar-refractivity contribution < 1.29 is 4.74 Å². The van der Waals surface area contributed by atoms with Gasteiger partial charge in [-0.15, -0.1) is 0 Å². The molecule has 1 rings (SSSR count). The molecule has 0 aliphatic carbocycles. The minimum absolute atomic E-state index is 0.542. The number of nitrogens with zero attached hydrogens (tertiary/aromatic N) is 1. The fraction of sp³-hybridized carbons (Fsp3) is 0.600. The molecule has 0 heterocycles. The Bertz CT molecular complexity index is 322. The number of hydrogen-bond donors (Lipinski definition) is 1. The van der Waals surface area contributed by atoms with Gasteiger partial charge in [-0.2, -0.15) is 0 Å².